The fraction of sp³-hybridized carbons (Fsp3) is 0. The first-order chi connectivity index (χ1) is 5.77. The summed E-state index contributed by atoms with van der Waals surface area (Å²) in [5.41, 5.74) is 1.09. The number of carbonyl (C=O) groups is 1. The molecule has 0 unspecified atom stereocenters. The van der Waals surface area contributed by atoms with Gasteiger partial charge in [-0.2, -0.15) is 0 Å². The zero-order chi connectivity index (χ0) is 8.55. The summed E-state index contributed by atoms with van der Waals surface area (Å²) in [5, 5.41) is 9.58. The van der Waals surface area contributed by atoms with Gasteiger partial charge in [0, 0.05) is 10.9 Å². The summed E-state index contributed by atoms with van der Waals surface area (Å²) in [4.78, 5) is 13.3. The summed E-state index contributed by atoms with van der Waals surface area (Å²) in [7, 11) is 0. The van der Waals surface area contributed by atoms with Crippen LogP contribution in [0.2, 0.25) is 0 Å². The molecule has 13 heavy (non-hydrogen) atoms. The molecule has 4 heteroatoms. The Morgan fingerprint density at radius 3 is 2.62 bits per heavy atom. The number of halogens is 1. The van der Waals surface area contributed by atoms with E-state index in [0.29, 0.717) is 0 Å². The van der Waals surface area contributed by atoms with Crippen LogP contribution in [0.25, 0.3) is 10.9 Å². The summed E-state index contributed by atoms with van der Waals surface area (Å²) in [6, 6.07) is 9.09. The molecule has 2 N–H and O–H groups in total. The highest BCUT2D eigenvalue weighted by atomic mass is 79.9. The van der Waals surface area contributed by atoms with Gasteiger partial charge in [0.25, 0.3) is 0 Å². The Hall–Kier alpha value is -1.29. The first-order valence-electron chi connectivity index (χ1n) is 3.58. The second kappa shape index (κ2) is 3.62. The highest BCUT2D eigenvalue weighted by Gasteiger charge is 2.05. The van der Waals surface area contributed by atoms with E-state index < -0.39 is 5.97 Å². The molecule has 1 heterocycles. The summed E-state index contributed by atoms with van der Waals surface area (Å²) in [6.07, 6.45) is 0. The second-order valence-corrected chi connectivity index (χ2v) is 2.58. The van der Waals surface area contributed by atoms with Gasteiger partial charge in [-0.25, -0.2) is 4.79 Å². The molecule has 0 aliphatic rings. The number of H-pyrrole nitrogens is 1. The molecule has 0 saturated heterocycles. The number of rotatable bonds is 1. The fourth-order valence-corrected chi connectivity index (χ4v) is 1.19. The van der Waals surface area contributed by atoms with E-state index in [9.17, 15) is 4.79 Å². The number of para-hydroxylation sites is 1. The average Bonchev–Trinajstić information content (AvgIpc) is 2.46. The van der Waals surface area contributed by atoms with Crippen LogP contribution in [0.5, 0.6) is 0 Å². The van der Waals surface area contributed by atoms with Gasteiger partial charge in [0.1, 0.15) is 5.69 Å². The van der Waals surface area contributed by atoms with Gasteiger partial charge in [0.2, 0.25) is 0 Å². The van der Waals surface area contributed by atoms with Crippen LogP contribution in [0.15, 0.2) is 30.3 Å². The lowest BCUT2D eigenvalue weighted by Gasteiger charge is -1.84. The molecule has 68 valence electrons. The van der Waals surface area contributed by atoms with Crippen molar-refractivity contribution in [2.75, 3.05) is 0 Å². The Kier molecular flexibility index (Phi) is 2.72. The minimum atomic E-state index is -0.925. The van der Waals surface area contributed by atoms with Crippen molar-refractivity contribution in [3.05, 3.63) is 36.0 Å². The Labute approximate surface area is 85.2 Å². The number of nitrogens with one attached hydrogen (secondary N) is 1. The van der Waals surface area contributed by atoms with Crippen molar-refractivity contribution in [3.63, 3.8) is 0 Å². The van der Waals surface area contributed by atoms with Gasteiger partial charge in [-0.05, 0) is 12.1 Å². The van der Waals surface area contributed by atoms with Crippen LogP contribution in [0.3, 0.4) is 0 Å². The predicted molar refractivity (Wildman–Crippen MR) is 55.6 cm³/mol. The van der Waals surface area contributed by atoms with Crippen LogP contribution in [-0.4, -0.2) is 16.1 Å². The highest BCUT2D eigenvalue weighted by Crippen LogP contribution is 2.13. The van der Waals surface area contributed by atoms with Gasteiger partial charge in [-0.1, -0.05) is 18.2 Å². The lowest BCUT2D eigenvalue weighted by Crippen LogP contribution is -1.94. The molecule has 3 nitrogen and oxygen atoms in total. The van der Waals surface area contributed by atoms with Gasteiger partial charge < -0.3 is 10.1 Å². The van der Waals surface area contributed by atoms with Gasteiger partial charge >= 0.3 is 5.97 Å². The standard InChI is InChI=1S/C9H7NO2.BrH/c11-9(12)8-5-6-3-1-2-4-7(6)10-8;/h1-5,10H,(H,11,12);1H. The van der Waals surface area contributed by atoms with E-state index in [2.05, 4.69) is 4.98 Å². The molecule has 0 aliphatic carbocycles. The maximum absolute atomic E-state index is 10.5. The SMILES string of the molecule is Br.O=C(O)c1cc2ccccc2[nH]1. The first-order valence-corrected chi connectivity index (χ1v) is 3.58. The molecular weight excluding hydrogens is 234 g/mol. The number of hydrogen-bond acceptors (Lipinski definition) is 1. The Morgan fingerprint density at radius 1 is 1.31 bits per heavy atom. The van der Waals surface area contributed by atoms with Crippen molar-refractivity contribution in [1.29, 1.82) is 0 Å². The van der Waals surface area contributed by atoms with Crippen LogP contribution in [-0.2, 0) is 0 Å². The maximum atomic E-state index is 10.5. The summed E-state index contributed by atoms with van der Waals surface area (Å²) < 4.78 is 0. The zero-order valence-electron chi connectivity index (χ0n) is 6.65. The lowest BCUT2D eigenvalue weighted by atomic mass is 10.2. The van der Waals surface area contributed by atoms with Crippen molar-refractivity contribution in [1.82, 2.24) is 4.98 Å². The number of fused-ring (bicyclic) bond motifs is 1. The second-order valence-electron chi connectivity index (χ2n) is 2.58. The fourth-order valence-electron chi connectivity index (χ4n) is 1.19. The Bertz CT molecular complexity index is 403. The smallest absolute Gasteiger partial charge is 0.352 e. The van der Waals surface area contributed by atoms with Crippen LogP contribution in [0, 0.1) is 0 Å². The van der Waals surface area contributed by atoms with E-state index in [1.165, 1.54) is 0 Å². The highest BCUT2D eigenvalue weighted by molar-refractivity contribution is 8.93. The third kappa shape index (κ3) is 1.72. The van der Waals surface area contributed by atoms with Gasteiger partial charge in [0.15, 0.2) is 0 Å². The number of aromatic nitrogens is 1. The van der Waals surface area contributed by atoms with Gasteiger partial charge in [-0.3, -0.25) is 0 Å². The molecule has 1 aromatic carbocycles. The van der Waals surface area contributed by atoms with Crippen molar-refractivity contribution >= 4 is 33.9 Å². The number of aromatic carboxylic acids is 1. The van der Waals surface area contributed by atoms with Crippen LogP contribution < -0.4 is 0 Å². The molecule has 0 aliphatic heterocycles. The molecule has 0 spiro atoms. The minimum Gasteiger partial charge on any atom is -0.477 e. The molecule has 0 atom stereocenters. The third-order valence-corrected chi connectivity index (χ3v) is 1.76. The molecule has 0 amide bonds. The summed E-state index contributed by atoms with van der Waals surface area (Å²) >= 11 is 0. The maximum Gasteiger partial charge on any atom is 0.352 e. The largest absolute Gasteiger partial charge is 0.477 e. The first kappa shape index (κ1) is 9.80. The van der Waals surface area contributed by atoms with Crippen molar-refractivity contribution in [3.8, 4) is 0 Å². The predicted octanol–water partition coefficient (Wildman–Crippen LogP) is 2.44. The van der Waals surface area contributed by atoms with Crippen molar-refractivity contribution in [2.24, 2.45) is 0 Å². The molecular formula is C9H8BrNO2. The molecule has 2 rings (SSSR count). The number of carboxylic acid groups (broad SMARTS) is 1. The van der Waals surface area contributed by atoms with E-state index >= 15 is 0 Å². The molecule has 0 fully saturated rings. The average molecular weight is 242 g/mol. The quantitative estimate of drug-likeness (QED) is 0.806. The van der Waals surface area contributed by atoms with E-state index in [1.807, 2.05) is 24.3 Å². The topological polar surface area (TPSA) is 53.1 Å². The molecule has 2 aromatic rings. The van der Waals surface area contributed by atoms with Crippen LogP contribution in [0.1, 0.15) is 10.5 Å². The van der Waals surface area contributed by atoms with Crippen LogP contribution >= 0.6 is 17.0 Å². The Balaban J connectivity index is 0.000000845. The van der Waals surface area contributed by atoms with E-state index in [-0.39, 0.29) is 22.7 Å². The minimum absolute atomic E-state index is 0. The summed E-state index contributed by atoms with van der Waals surface area (Å²) in [5.74, 6) is -0.925. The van der Waals surface area contributed by atoms with Crippen molar-refractivity contribution < 1.29 is 9.90 Å². The van der Waals surface area contributed by atoms with Crippen molar-refractivity contribution in [2.45, 2.75) is 0 Å². The van der Waals surface area contributed by atoms with Gasteiger partial charge in [0.05, 0.1) is 0 Å². The summed E-state index contributed by atoms with van der Waals surface area (Å²) in [6.45, 7) is 0. The Morgan fingerprint density at radius 2 is 2.00 bits per heavy atom. The third-order valence-electron chi connectivity index (χ3n) is 1.76. The number of hydrogen-bond donors (Lipinski definition) is 2. The van der Waals surface area contributed by atoms with E-state index in [4.69, 9.17) is 5.11 Å². The number of carboxylic acids is 1. The molecule has 0 saturated carbocycles. The zero-order valence-corrected chi connectivity index (χ0v) is 8.36. The molecule has 0 bridgehead atoms. The lowest BCUT2D eigenvalue weighted by molar-refractivity contribution is 0.0691. The monoisotopic (exact) mass is 241 g/mol. The molecule has 1 aromatic heterocycles. The van der Waals surface area contributed by atoms with Gasteiger partial charge in [-0.15, -0.1) is 17.0 Å². The van der Waals surface area contributed by atoms with Crippen LogP contribution in [0.4, 0.5) is 0 Å². The number of benzene rings is 1. The number of aromatic amines is 1. The van der Waals surface area contributed by atoms with E-state index in [0.717, 1.165) is 10.9 Å². The van der Waals surface area contributed by atoms with E-state index in [1.54, 1.807) is 6.07 Å². The normalized spacial score (nSPS) is 9.54. The molecule has 0 radical (unpaired) electrons.